The van der Waals surface area contributed by atoms with Gasteiger partial charge in [0.2, 0.25) is 5.91 Å². The minimum atomic E-state index is -0.0448. The zero-order chi connectivity index (χ0) is 15.1. The third-order valence-electron chi connectivity index (χ3n) is 2.98. The Morgan fingerprint density at radius 3 is 2.62 bits per heavy atom. The molecule has 1 amide bonds. The second-order valence-electron chi connectivity index (χ2n) is 4.41. The maximum absolute atomic E-state index is 12.2. The van der Waals surface area contributed by atoms with E-state index in [1.165, 1.54) is 0 Å². The molecule has 5 heteroatoms. The summed E-state index contributed by atoms with van der Waals surface area (Å²) >= 11 is 2.04. The summed E-state index contributed by atoms with van der Waals surface area (Å²) in [4.78, 5) is 13.9. The molecule has 0 N–H and O–H groups in total. The van der Waals surface area contributed by atoms with Crippen LogP contribution in [0.4, 0.5) is 0 Å². The Labute approximate surface area is 137 Å². The molecule has 0 saturated heterocycles. The van der Waals surface area contributed by atoms with Gasteiger partial charge in [-0.3, -0.25) is 4.79 Å². The largest absolute Gasteiger partial charge is 0.497 e. The maximum Gasteiger partial charge on any atom is 0.247 e. The third-order valence-corrected chi connectivity index (χ3v) is 3.34. The smallest absolute Gasteiger partial charge is 0.247 e. The van der Waals surface area contributed by atoms with Gasteiger partial charge in [0.15, 0.2) is 0 Å². The highest BCUT2D eigenvalue weighted by molar-refractivity contribution is 14.1. The van der Waals surface area contributed by atoms with Crippen molar-refractivity contribution in [1.29, 1.82) is 0 Å². The minimum absolute atomic E-state index is 0.0448. The van der Waals surface area contributed by atoms with Crippen LogP contribution in [0.5, 0.6) is 5.75 Å². The van der Waals surface area contributed by atoms with Gasteiger partial charge in [-0.25, -0.2) is 0 Å². The van der Waals surface area contributed by atoms with Gasteiger partial charge in [0.25, 0.3) is 0 Å². The molecule has 21 heavy (non-hydrogen) atoms. The number of nitrogens with zero attached hydrogens (tertiary/aromatic N) is 1. The van der Waals surface area contributed by atoms with Crippen LogP contribution in [0.15, 0.2) is 57.2 Å². The number of benzene rings is 1. The highest BCUT2D eigenvalue weighted by Crippen LogP contribution is 2.15. The van der Waals surface area contributed by atoms with Gasteiger partial charge in [-0.2, -0.15) is 0 Å². The Morgan fingerprint density at radius 1 is 1.29 bits per heavy atom. The SMILES string of the molecule is COc1ccc(CN(Cc2ccco2)C(=O)/C=C\I)cc1. The molecule has 0 atom stereocenters. The van der Waals surface area contributed by atoms with E-state index in [9.17, 15) is 4.79 Å². The van der Waals surface area contributed by atoms with Crippen molar-refractivity contribution >= 4 is 28.5 Å². The lowest BCUT2D eigenvalue weighted by Gasteiger charge is -2.20. The molecule has 1 aromatic carbocycles. The summed E-state index contributed by atoms with van der Waals surface area (Å²) in [5.74, 6) is 1.52. The number of carbonyl (C=O) groups excluding carboxylic acids is 1. The summed E-state index contributed by atoms with van der Waals surface area (Å²) < 4.78 is 12.2. The Hall–Kier alpha value is -1.76. The zero-order valence-corrected chi connectivity index (χ0v) is 13.8. The first-order valence-corrected chi connectivity index (χ1v) is 7.68. The van der Waals surface area contributed by atoms with Crippen LogP contribution < -0.4 is 4.74 Å². The van der Waals surface area contributed by atoms with Crippen LogP contribution in [0.3, 0.4) is 0 Å². The van der Waals surface area contributed by atoms with Crippen molar-refractivity contribution in [2.75, 3.05) is 7.11 Å². The van der Waals surface area contributed by atoms with Gasteiger partial charge >= 0.3 is 0 Å². The highest BCUT2D eigenvalue weighted by atomic mass is 127. The van der Waals surface area contributed by atoms with Gasteiger partial charge in [-0.1, -0.05) is 34.7 Å². The molecule has 0 unspecified atom stereocenters. The minimum Gasteiger partial charge on any atom is -0.497 e. The summed E-state index contributed by atoms with van der Waals surface area (Å²) in [6.45, 7) is 0.962. The number of methoxy groups -OCH3 is 1. The first-order chi connectivity index (χ1) is 10.2. The van der Waals surface area contributed by atoms with E-state index >= 15 is 0 Å². The third kappa shape index (κ3) is 4.63. The van der Waals surface area contributed by atoms with E-state index < -0.39 is 0 Å². The molecule has 4 nitrogen and oxygen atoms in total. The van der Waals surface area contributed by atoms with E-state index in [4.69, 9.17) is 9.15 Å². The average Bonchev–Trinajstić information content (AvgIpc) is 3.00. The van der Waals surface area contributed by atoms with Crippen molar-refractivity contribution in [3.63, 3.8) is 0 Å². The predicted molar refractivity (Wildman–Crippen MR) is 89.1 cm³/mol. The second kappa shape index (κ2) is 7.87. The van der Waals surface area contributed by atoms with Crippen molar-refractivity contribution in [3.05, 3.63) is 64.1 Å². The quantitative estimate of drug-likeness (QED) is 0.551. The molecule has 2 rings (SSSR count). The number of furan rings is 1. The summed E-state index contributed by atoms with van der Waals surface area (Å²) in [5, 5.41) is 0. The lowest BCUT2D eigenvalue weighted by atomic mass is 10.2. The number of hydrogen-bond acceptors (Lipinski definition) is 3. The number of carbonyl (C=O) groups is 1. The van der Waals surface area contributed by atoms with Gasteiger partial charge < -0.3 is 14.1 Å². The molecule has 0 bridgehead atoms. The number of ether oxygens (including phenoxy) is 1. The molecule has 0 spiro atoms. The van der Waals surface area contributed by atoms with Crippen LogP contribution in [0, 0.1) is 0 Å². The van der Waals surface area contributed by atoms with E-state index in [2.05, 4.69) is 0 Å². The lowest BCUT2D eigenvalue weighted by molar-refractivity contribution is -0.127. The molecule has 2 aromatic rings. The zero-order valence-electron chi connectivity index (χ0n) is 11.7. The summed E-state index contributed by atoms with van der Waals surface area (Å²) in [7, 11) is 1.63. The van der Waals surface area contributed by atoms with Crippen LogP contribution in [0.25, 0.3) is 0 Å². The van der Waals surface area contributed by atoms with E-state index in [1.54, 1.807) is 28.4 Å². The van der Waals surface area contributed by atoms with Crippen molar-refractivity contribution in [3.8, 4) is 5.75 Å². The predicted octanol–water partition coefficient (Wildman–Crippen LogP) is 3.77. The topological polar surface area (TPSA) is 42.7 Å². The first kappa shape index (κ1) is 15.6. The maximum atomic E-state index is 12.2. The van der Waals surface area contributed by atoms with Crippen LogP contribution in [-0.4, -0.2) is 17.9 Å². The van der Waals surface area contributed by atoms with E-state index in [-0.39, 0.29) is 5.91 Å². The van der Waals surface area contributed by atoms with Gasteiger partial charge in [-0.15, -0.1) is 0 Å². The van der Waals surface area contributed by atoms with Crippen LogP contribution in [0.1, 0.15) is 11.3 Å². The monoisotopic (exact) mass is 397 g/mol. The summed E-state index contributed by atoms with van der Waals surface area (Å²) in [6, 6.07) is 11.4. The molecule has 110 valence electrons. The van der Waals surface area contributed by atoms with Crippen molar-refractivity contribution < 1.29 is 13.9 Å². The summed E-state index contributed by atoms with van der Waals surface area (Å²) in [5.41, 5.74) is 1.04. The second-order valence-corrected chi connectivity index (χ2v) is 5.13. The average molecular weight is 397 g/mol. The fourth-order valence-corrected chi connectivity index (χ4v) is 2.22. The van der Waals surface area contributed by atoms with Crippen LogP contribution in [0.2, 0.25) is 0 Å². The molecule has 1 aromatic heterocycles. The van der Waals surface area contributed by atoms with Gasteiger partial charge in [-0.05, 0) is 33.9 Å². The van der Waals surface area contributed by atoms with E-state index in [0.717, 1.165) is 17.1 Å². The molecular formula is C16H16INO3. The standard InChI is InChI=1S/C16H16INO3/c1-20-14-6-4-13(5-7-14)11-18(16(19)8-9-17)12-15-3-2-10-21-15/h2-10H,11-12H2,1H3/b9-8-. The Kier molecular flexibility index (Phi) is 5.86. The molecule has 0 fully saturated rings. The Balaban J connectivity index is 2.12. The van der Waals surface area contributed by atoms with E-state index in [1.807, 2.05) is 59.0 Å². The molecule has 1 heterocycles. The fraction of sp³-hybridized carbons (Fsp3) is 0.188. The number of amides is 1. The van der Waals surface area contributed by atoms with Crippen molar-refractivity contribution in [2.45, 2.75) is 13.1 Å². The first-order valence-electron chi connectivity index (χ1n) is 6.44. The van der Waals surface area contributed by atoms with Crippen molar-refractivity contribution in [1.82, 2.24) is 4.90 Å². The van der Waals surface area contributed by atoms with Crippen molar-refractivity contribution in [2.24, 2.45) is 0 Å². The molecule has 0 aliphatic heterocycles. The Bertz CT molecular complexity index is 590. The molecule has 0 radical (unpaired) electrons. The number of halogens is 1. The normalized spacial score (nSPS) is 10.8. The highest BCUT2D eigenvalue weighted by Gasteiger charge is 2.13. The summed E-state index contributed by atoms with van der Waals surface area (Å²) in [6.07, 6.45) is 3.16. The van der Waals surface area contributed by atoms with Gasteiger partial charge in [0.05, 0.1) is 19.9 Å². The van der Waals surface area contributed by atoms with Gasteiger partial charge in [0, 0.05) is 12.6 Å². The van der Waals surface area contributed by atoms with Gasteiger partial charge in [0.1, 0.15) is 11.5 Å². The van der Waals surface area contributed by atoms with E-state index in [0.29, 0.717) is 13.1 Å². The molecule has 0 aliphatic rings. The molecule has 0 saturated carbocycles. The molecule has 0 aliphatic carbocycles. The Morgan fingerprint density at radius 2 is 2.05 bits per heavy atom. The molecular weight excluding hydrogens is 381 g/mol. The number of rotatable bonds is 6. The van der Waals surface area contributed by atoms with Crippen LogP contribution in [-0.2, 0) is 17.9 Å². The van der Waals surface area contributed by atoms with Crippen LogP contribution >= 0.6 is 22.6 Å². The lowest BCUT2D eigenvalue weighted by Crippen LogP contribution is -2.28. The number of hydrogen-bond donors (Lipinski definition) is 0. The fourth-order valence-electron chi connectivity index (χ4n) is 1.91.